The number of nitrogens with zero attached hydrogens (tertiary/aromatic N) is 4. The van der Waals surface area contributed by atoms with E-state index >= 15 is 0 Å². The SMILES string of the molecule is CC(C)C[C@@H](C(=O)O)n1ccccc1=O.Cc1cccc(C)c1-c1cncc([C@@H](CC(=O)OCc2ccccc2)NC(=O)C(CC(C)C)n2ccccc2=O)c1.Cc1cccc(C)c1-c1cncc([C@H](N)CC(=O)OCc2ccccc2)c1.Cl. The predicted molar refractivity (Wildman–Crippen MR) is 331 cm³/mol. The molecule has 0 aliphatic rings. The van der Waals surface area contributed by atoms with Gasteiger partial charge in [0.1, 0.15) is 25.3 Å². The molecule has 0 aliphatic heterocycles. The van der Waals surface area contributed by atoms with Gasteiger partial charge in [-0.05, 0) is 132 Å². The van der Waals surface area contributed by atoms with Crippen molar-refractivity contribution < 1.29 is 33.8 Å². The number of ether oxygens (including phenoxy) is 2. The molecule has 0 bridgehead atoms. The lowest BCUT2D eigenvalue weighted by Gasteiger charge is -2.25. The topological polar surface area (TPSA) is 215 Å². The summed E-state index contributed by atoms with van der Waals surface area (Å²) in [7, 11) is 0. The second-order valence-electron chi connectivity index (χ2n) is 21.4. The fourth-order valence-electron chi connectivity index (χ4n) is 9.67. The molecule has 0 aliphatic carbocycles. The van der Waals surface area contributed by atoms with Crippen LogP contribution in [0.4, 0.5) is 0 Å². The molecular formula is C68H77ClN6O9. The lowest BCUT2D eigenvalue weighted by molar-refractivity contribution is -0.146. The number of hydrogen-bond donors (Lipinski definition) is 3. The standard InChI is InChI=1S/C34H37N3O4.C23H24N2O2.C11H15NO3.ClH/c1-23(2)17-30(37-16-9-8-15-31(37)38)34(40)36-29(19-32(39)41-22-26-13-6-5-7-14-26)27-18-28(21-35-20-27)33-24(3)11-10-12-25(33)4;1-16-7-6-8-17(2)23(16)20-11-19(13-25-14-20)21(24)12-22(26)27-15-18-9-4-3-5-10-18;1-8(2)7-9(11(14)15)12-6-4-3-5-10(12)13;/h5-16,18,20-21,23,29-30H,17,19,22H2,1-4H3,(H,36,40);3-11,13-14,21H,12,15,24H2,1-2H3;3-6,8-9H,7H2,1-2H3,(H,14,15);1H/t29-,30?;21-;9-;/m110./s1. The number of aliphatic carboxylic acids is 1. The van der Waals surface area contributed by atoms with Crippen molar-refractivity contribution in [3.05, 3.63) is 248 Å². The van der Waals surface area contributed by atoms with E-state index in [0.717, 1.165) is 50.1 Å². The minimum Gasteiger partial charge on any atom is -0.480 e. The minimum absolute atomic E-state index is 0. The Kier molecular flexibility index (Phi) is 25.7. The molecule has 440 valence electrons. The molecule has 1 unspecified atom stereocenters. The average molecular weight is 1160 g/mol. The van der Waals surface area contributed by atoms with Crippen LogP contribution in [0.15, 0.2) is 192 Å². The maximum Gasteiger partial charge on any atom is 0.326 e. The van der Waals surface area contributed by atoms with Crippen molar-refractivity contribution in [1.82, 2.24) is 24.4 Å². The minimum atomic E-state index is -0.961. The Bertz CT molecular complexity index is 3510. The van der Waals surface area contributed by atoms with E-state index in [-0.39, 0.29) is 73.3 Å². The number of nitrogens with two attached hydrogens (primary N) is 1. The van der Waals surface area contributed by atoms with Crippen molar-refractivity contribution in [3.63, 3.8) is 0 Å². The van der Waals surface area contributed by atoms with Crippen molar-refractivity contribution >= 4 is 36.2 Å². The second kappa shape index (κ2) is 32.7. The molecule has 15 nitrogen and oxygen atoms in total. The van der Waals surface area contributed by atoms with E-state index in [1.165, 1.54) is 38.6 Å². The Morgan fingerprint density at radius 3 is 1.38 bits per heavy atom. The van der Waals surface area contributed by atoms with E-state index in [0.29, 0.717) is 18.4 Å². The number of aromatic nitrogens is 4. The summed E-state index contributed by atoms with van der Waals surface area (Å²) in [6.07, 6.45) is 11.1. The Hall–Kier alpha value is -8.79. The number of rotatable bonds is 21. The van der Waals surface area contributed by atoms with Crippen LogP contribution < -0.4 is 22.2 Å². The molecule has 16 heteroatoms. The van der Waals surface area contributed by atoms with Gasteiger partial charge >= 0.3 is 17.9 Å². The fourth-order valence-corrected chi connectivity index (χ4v) is 9.67. The van der Waals surface area contributed by atoms with E-state index in [4.69, 9.17) is 20.3 Å². The molecule has 8 rings (SSSR count). The molecule has 0 saturated heterocycles. The number of carbonyl (C=O) groups excluding carboxylic acids is 3. The van der Waals surface area contributed by atoms with Gasteiger partial charge in [0, 0.05) is 66.5 Å². The summed E-state index contributed by atoms with van der Waals surface area (Å²) in [5.41, 5.74) is 17.8. The summed E-state index contributed by atoms with van der Waals surface area (Å²) in [5, 5.41) is 12.1. The van der Waals surface area contributed by atoms with Gasteiger partial charge in [0.25, 0.3) is 11.1 Å². The molecule has 4 aromatic heterocycles. The zero-order chi connectivity index (χ0) is 60.0. The van der Waals surface area contributed by atoms with E-state index in [1.807, 2.05) is 145 Å². The summed E-state index contributed by atoms with van der Waals surface area (Å²) in [4.78, 5) is 83.0. The highest BCUT2D eigenvalue weighted by Crippen LogP contribution is 2.31. The summed E-state index contributed by atoms with van der Waals surface area (Å²) in [6, 6.07) is 42.1. The molecule has 4 N–H and O–H groups in total. The van der Waals surface area contributed by atoms with Gasteiger partial charge in [-0.25, -0.2) is 4.79 Å². The van der Waals surface area contributed by atoms with E-state index in [9.17, 15) is 28.8 Å². The number of halogens is 1. The lowest BCUT2D eigenvalue weighted by Crippen LogP contribution is -2.40. The highest BCUT2D eigenvalue weighted by atomic mass is 35.5. The maximum atomic E-state index is 13.8. The first-order valence-electron chi connectivity index (χ1n) is 27.8. The van der Waals surface area contributed by atoms with E-state index in [1.54, 1.807) is 49.1 Å². The summed E-state index contributed by atoms with van der Waals surface area (Å²) in [6.45, 7) is 16.5. The van der Waals surface area contributed by atoms with E-state index in [2.05, 4.69) is 41.3 Å². The van der Waals surface area contributed by atoms with Crippen LogP contribution in [0, 0.1) is 39.5 Å². The molecule has 8 aromatic rings. The molecule has 4 atom stereocenters. The van der Waals surface area contributed by atoms with Crippen LogP contribution >= 0.6 is 12.4 Å². The normalized spacial score (nSPS) is 12.2. The van der Waals surface area contributed by atoms with Gasteiger partial charge in [-0.1, -0.05) is 137 Å². The first kappa shape index (κ1) is 66.0. The summed E-state index contributed by atoms with van der Waals surface area (Å²) < 4.78 is 13.6. The Morgan fingerprint density at radius 1 is 0.536 bits per heavy atom. The molecule has 0 fully saturated rings. The number of hydrogen-bond acceptors (Lipinski definition) is 11. The molecule has 0 spiro atoms. The van der Waals surface area contributed by atoms with Gasteiger partial charge in [0.2, 0.25) is 5.91 Å². The van der Waals surface area contributed by atoms with Gasteiger partial charge in [-0.15, -0.1) is 12.4 Å². The van der Waals surface area contributed by atoms with Gasteiger partial charge in [-0.3, -0.25) is 33.9 Å². The van der Waals surface area contributed by atoms with Crippen LogP contribution in [-0.4, -0.2) is 48.0 Å². The number of pyridine rings is 4. The largest absolute Gasteiger partial charge is 0.480 e. The molecule has 4 heterocycles. The molecule has 0 saturated carbocycles. The summed E-state index contributed by atoms with van der Waals surface area (Å²) in [5.74, 6) is -1.68. The number of carboxylic acids is 1. The monoisotopic (exact) mass is 1160 g/mol. The third-order valence-electron chi connectivity index (χ3n) is 13.8. The number of carbonyl (C=O) groups is 4. The zero-order valence-corrected chi connectivity index (χ0v) is 49.8. The average Bonchev–Trinajstić information content (AvgIpc) is 3.64. The van der Waals surface area contributed by atoms with Crippen LogP contribution in [0.1, 0.15) is 122 Å². The Balaban J connectivity index is 0.000000257. The number of amides is 1. The lowest BCUT2D eigenvalue weighted by atomic mass is 9.94. The van der Waals surface area contributed by atoms with Gasteiger partial charge in [0.05, 0.1) is 18.9 Å². The van der Waals surface area contributed by atoms with Crippen molar-refractivity contribution in [2.75, 3.05) is 0 Å². The van der Waals surface area contributed by atoms with Crippen LogP contribution in [-0.2, 0) is 41.9 Å². The smallest absolute Gasteiger partial charge is 0.326 e. The van der Waals surface area contributed by atoms with Gasteiger partial charge in [-0.2, -0.15) is 0 Å². The molecule has 84 heavy (non-hydrogen) atoms. The molecule has 0 radical (unpaired) electrons. The number of esters is 2. The van der Waals surface area contributed by atoms with Crippen LogP contribution in [0.5, 0.6) is 0 Å². The second-order valence-corrected chi connectivity index (χ2v) is 21.4. The predicted octanol–water partition coefficient (Wildman–Crippen LogP) is 12.5. The first-order chi connectivity index (χ1) is 39.8. The maximum absolute atomic E-state index is 13.8. The van der Waals surface area contributed by atoms with Crippen molar-refractivity contribution in [2.24, 2.45) is 17.6 Å². The van der Waals surface area contributed by atoms with E-state index < -0.39 is 36.1 Å². The number of benzene rings is 4. The van der Waals surface area contributed by atoms with Crippen molar-refractivity contribution in [3.8, 4) is 22.3 Å². The number of aryl methyl sites for hydroxylation is 4. The van der Waals surface area contributed by atoms with Crippen LogP contribution in [0.2, 0.25) is 0 Å². The fraction of sp³-hybridized carbons (Fsp3) is 0.294. The third kappa shape index (κ3) is 19.7. The van der Waals surface area contributed by atoms with Gasteiger partial charge in [0.15, 0.2) is 0 Å². The Morgan fingerprint density at radius 2 is 0.940 bits per heavy atom. The Labute approximate surface area is 498 Å². The molecule has 4 aromatic carbocycles. The van der Waals surface area contributed by atoms with Crippen molar-refractivity contribution in [1.29, 1.82) is 0 Å². The zero-order valence-electron chi connectivity index (χ0n) is 49.0. The molecular weight excluding hydrogens is 1080 g/mol. The first-order valence-corrected chi connectivity index (χ1v) is 27.8. The number of carboxylic acid groups (broad SMARTS) is 1. The summed E-state index contributed by atoms with van der Waals surface area (Å²) >= 11 is 0. The molecule has 1 amide bonds. The van der Waals surface area contributed by atoms with Crippen LogP contribution in [0.3, 0.4) is 0 Å². The number of nitrogens with one attached hydrogen (secondary N) is 1. The quantitative estimate of drug-likeness (QED) is 0.0573. The van der Waals surface area contributed by atoms with Crippen molar-refractivity contribution in [2.45, 2.75) is 118 Å². The third-order valence-corrected chi connectivity index (χ3v) is 13.8. The van der Waals surface area contributed by atoms with Gasteiger partial charge < -0.3 is 34.8 Å². The highest BCUT2D eigenvalue weighted by Gasteiger charge is 2.28. The highest BCUT2D eigenvalue weighted by molar-refractivity contribution is 5.85. The van der Waals surface area contributed by atoms with Crippen LogP contribution in [0.25, 0.3) is 22.3 Å².